The molecule has 12 heteroatoms. The summed E-state index contributed by atoms with van der Waals surface area (Å²) in [7, 11) is 3.17. The second-order valence-electron chi connectivity index (χ2n) is 14.8. The number of aryl methyl sites for hydroxylation is 2. The minimum Gasteiger partial charge on any atom is -0.495 e. The van der Waals surface area contributed by atoms with Crippen LogP contribution in [0.25, 0.3) is 21.8 Å². The monoisotopic (exact) mass is 830 g/mol. The lowest BCUT2D eigenvalue weighted by Gasteiger charge is -2.19. The minimum absolute atomic E-state index is 0.0421. The number of Topliss-reactive ketones (excluding diaryl/α,β-unsaturated/α-hetero) is 2. The fourth-order valence-corrected chi connectivity index (χ4v) is 7.38. The second-order valence-corrected chi connectivity index (χ2v) is 14.8. The molecule has 0 fully saturated rings. The van der Waals surface area contributed by atoms with E-state index >= 15 is 0 Å². The molecule has 0 bridgehead atoms. The number of carbonyl (C=O) groups excluding carboxylic acids is 2. The summed E-state index contributed by atoms with van der Waals surface area (Å²) in [6.07, 6.45) is 13.0. The van der Waals surface area contributed by atoms with Gasteiger partial charge in [0.2, 0.25) is 0 Å². The average Bonchev–Trinajstić information content (AvgIpc) is 3.96. The summed E-state index contributed by atoms with van der Waals surface area (Å²) in [5.74, 6) is 1.15. The van der Waals surface area contributed by atoms with Crippen molar-refractivity contribution in [2.45, 2.75) is 37.8 Å². The van der Waals surface area contributed by atoms with Gasteiger partial charge in [0.15, 0.2) is 11.6 Å². The van der Waals surface area contributed by atoms with E-state index in [2.05, 4.69) is 30.6 Å². The van der Waals surface area contributed by atoms with Crippen LogP contribution in [0, 0.1) is 0 Å². The van der Waals surface area contributed by atoms with Crippen molar-refractivity contribution < 1.29 is 29.3 Å². The van der Waals surface area contributed by atoms with E-state index < -0.39 is 12.1 Å². The number of aliphatic hydroxyl groups excluding tert-OH is 2. The quantitative estimate of drug-likeness (QED) is 0.0458. The van der Waals surface area contributed by atoms with E-state index in [4.69, 9.17) is 19.7 Å². The molecule has 0 aliphatic heterocycles. The Balaban J connectivity index is 0.000000186. The molecule has 6 N–H and O–H groups in total. The normalized spacial score (nSPS) is 11.9. The molecule has 4 heterocycles. The van der Waals surface area contributed by atoms with Crippen LogP contribution in [-0.2, 0) is 12.8 Å². The van der Waals surface area contributed by atoms with Crippen molar-refractivity contribution in [1.29, 1.82) is 0 Å². The van der Waals surface area contributed by atoms with Crippen LogP contribution in [0.15, 0.2) is 146 Å². The van der Waals surface area contributed by atoms with Crippen LogP contribution in [-0.4, -0.2) is 69.1 Å². The SMILES string of the molecule is COc1cncc(NC(C(=O)c2c[nH]c3ccc(CCCO)cc23)c2ccccc2)c1.COc1cncc(NC(C(=O)c2c[nH]c3ccc(CCCO)cc23)c2ccccc2)c1. The second kappa shape index (κ2) is 20.8. The van der Waals surface area contributed by atoms with Crippen LogP contribution < -0.4 is 20.1 Å². The third-order valence-electron chi connectivity index (χ3n) is 10.6. The number of ether oxygens (including phenoxy) is 2. The summed E-state index contributed by atoms with van der Waals surface area (Å²) >= 11 is 0. The maximum Gasteiger partial charge on any atom is 0.191 e. The number of hydrogen-bond acceptors (Lipinski definition) is 10. The summed E-state index contributed by atoms with van der Waals surface area (Å²) < 4.78 is 10.5. The van der Waals surface area contributed by atoms with Gasteiger partial charge >= 0.3 is 0 Å². The summed E-state index contributed by atoms with van der Waals surface area (Å²) in [5, 5.41) is 26.7. The number of carbonyl (C=O) groups is 2. The first-order valence-corrected chi connectivity index (χ1v) is 20.5. The van der Waals surface area contributed by atoms with Crippen molar-refractivity contribution in [3.05, 3.63) is 180 Å². The summed E-state index contributed by atoms with van der Waals surface area (Å²) in [6.45, 7) is 0.289. The highest BCUT2D eigenvalue weighted by Gasteiger charge is 2.26. The maximum atomic E-state index is 13.7. The van der Waals surface area contributed by atoms with Crippen LogP contribution in [0.1, 0.15) is 67.9 Å². The zero-order valence-corrected chi connectivity index (χ0v) is 34.7. The van der Waals surface area contributed by atoms with Gasteiger partial charge in [-0.1, -0.05) is 72.8 Å². The number of H-pyrrole nitrogens is 2. The molecule has 62 heavy (non-hydrogen) atoms. The Morgan fingerprint density at radius 2 is 1.00 bits per heavy atom. The lowest BCUT2D eigenvalue weighted by Crippen LogP contribution is -2.21. The molecule has 0 amide bonds. The summed E-state index contributed by atoms with van der Waals surface area (Å²) in [5.41, 5.74) is 8.37. The molecule has 316 valence electrons. The minimum atomic E-state index is -0.588. The van der Waals surface area contributed by atoms with E-state index in [0.29, 0.717) is 46.8 Å². The third kappa shape index (κ3) is 10.4. The molecule has 8 aromatic rings. The Kier molecular flexibility index (Phi) is 14.4. The van der Waals surface area contributed by atoms with Crippen LogP contribution >= 0.6 is 0 Å². The fourth-order valence-electron chi connectivity index (χ4n) is 7.38. The highest BCUT2D eigenvalue weighted by atomic mass is 16.5. The molecule has 2 unspecified atom stereocenters. The predicted molar refractivity (Wildman–Crippen MR) is 243 cm³/mol. The molecular formula is C50H50N6O6. The van der Waals surface area contributed by atoms with Crippen molar-refractivity contribution in [3.8, 4) is 11.5 Å². The Bertz CT molecular complexity index is 2530. The number of aromatic amines is 2. The molecule has 4 aromatic carbocycles. The fraction of sp³-hybridized carbons (Fsp3) is 0.200. The number of methoxy groups -OCH3 is 2. The number of pyridine rings is 2. The highest BCUT2D eigenvalue weighted by Crippen LogP contribution is 2.31. The van der Waals surface area contributed by atoms with Crippen molar-refractivity contribution in [1.82, 2.24) is 19.9 Å². The zero-order valence-electron chi connectivity index (χ0n) is 34.7. The largest absolute Gasteiger partial charge is 0.495 e. The van der Waals surface area contributed by atoms with Crippen molar-refractivity contribution in [2.75, 3.05) is 38.1 Å². The molecular weight excluding hydrogens is 781 g/mol. The number of ketones is 2. The number of aliphatic hydroxyl groups is 2. The highest BCUT2D eigenvalue weighted by molar-refractivity contribution is 6.12. The predicted octanol–water partition coefficient (Wildman–Crippen LogP) is 9.06. The van der Waals surface area contributed by atoms with E-state index in [1.807, 2.05) is 109 Å². The molecule has 12 nitrogen and oxygen atoms in total. The van der Waals surface area contributed by atoms with Gasteiger partial charge in [-0.15, -0.1) is 0 Å². The Morgan fingerprint density at radius 3 is 1.39 bits per heavy atom. The number of aromatic nitrogens is 4. The first kappa shape index (κ1) is 42.8. The van der Waals surface area contributed by atoms with E-state index in [1.165, 1.54) is 0 Å². The Labute approximate surface area is 360 Å². The Hall–Kier alpha value is -7.28. The average molecular weight is 831 g/mol. The van der Waals surface area contributed by atoms with Crippen molar-refractivity contribution >= 4 is 44.7 Å². The number of benzene rings is 4. The number of nitrogens with one attached hydrogen (secondary N) is 4. The molecule has 2 atom stereocenters. The molecule has 0 spiro atoms. The van der Waals surface area contributed by atoms with Gasteiger partial charge in [0, 0.05) is 70.7 Å². The van der Waals surface area contributed by atoms with E-state index in [1.54, 1.807) is 51.4 Å². The number of nitrogens with zero attached hydrogens (tertiary/aromatic N) is 2. The topological polar surface area (TPSA) is 174 Å². The van der Waals surface area contributed by atoms with Gasteiger partial charge in [-0.05, 0) is 72.2 Å². The molecule has 0 aliphatic rings. The molecule has 0 saturated heterocycles. The molecule has 0 aliphatic carbocycles. The first-order valence-electron chi connectivity index (χ1n) is 20.5. The lowest BCUT2D eigenvalue weighted by atomic mass is 9.96. The van der Waals surface area contributed by atoms with Crippen LogP contribution in [0.2, 0.25) is 0 Å². The van der Waals surface area contributed by atoms with E-state index in [9.17, 15) is 9.59 Å². The maximum absolute atomic E-state index is 13.7. The third-order valence-corrected chi connectivity index (χ3v) is 10.6. The summed E-state index contributed by atoms with van der Waals surface area (Å²) in [6, 6.07) is 33.8. The summed E-state index contributed by atoms with van der Waals surface area (Å²) in [4.78, 5) is 42.3. The van der Waals surface area contributed by atoms with Crippen LogP contribution in [0.3, 0.4) is 0 Å². The van der Waals surface area contributed by atoms with Crippen LogP contribution in [0.4, 0.5) is 11.4 Å². The van der Waals surface area contributed by atoms with E-state index in [0.717, 1.165) is 56.9 Å². The van der Waals surface area contributed by atoms with Crippen LogP contribution in [0.5, 0.6) is 11.5 Å². The van der Waals surface area contributed by atoms with Crippen molar-refractivity contribution in [3.63, 3.8) is 0 Å². The van der Waals surface area contributed by atoms with Crippen molar-refractivity contribution in [2.24, 2.45) is 0 Å². The van der Waals surface area contributed by atoms with Gasteiger partial charge < -0.3 is 40.3 Å². The molecule has 4 aromatic heterocycles. The number of hydrogen-bond donors (Lipinski definition) is 6. The lowest BCUT2D eigenvalue weighted by molar-refractivity contribution is 0.0963. The zero-order chi connectivity index (χ0) is 43.3. The molecule has 8 rings (SSSR count). The Morgan fingerprint density at radius 1 is 0.581 bits per heavy atom. The van der Waals surface area contributed by atoms with Gasteiger partial charge in [-0.25, -0.2) is 0 Å². The van der Waals surface area contributed by atoms with Gasteiger partial charge in [0.05, 0.1) is 50.4 Å². The standard InChI is InChI=1S/2C25H25N3O3/c2*1-31-20-13-19(14-26-15-20)28-24(18-7-3-2-4-8-18)25(30)22-16-27-23-10-9-17(6-5-11-29)12-21(22)23/h2*2-4,7-10,12-16,24,27-29H,5-6,11H2,1H3. The number of anilines is 2. The number of rotatable bonds is 18. The van der Waals surface area contributed by atoms with Gasteiger partial charge in [0.1, 0.15) is 23.6 Å². The molecule has 0 saturated carbocycles. The number of fused-ring (bicyclic) bond motifs is 2. The van der Waals surface area contributed by atoms with Gasteiger partial charge in [-0.3, -0.25) is 19.6 Å². The van der Waals surface area contributed by atoms with Gasteiger partial charge in [0.25, 0.3) is 0 Å². The van der Waals surface area contributed by atoms with E-state index in [-0.39, 0.29) is 24.8 Å². The smallest absolute Gasteiger partial charge is 0.191 e. The van der Waals surface area contributed by atoms with Gasteiger partial charge in [-0.2, -0.15) is 0 Å². The molecule has 0 radical (unpaired) electrons. The first-order chi connectivity index (χ1) is 30.4.